The van der Waals surface area contributed by atoms with Crippen molar-refractivity contribution in [2.75, 3.05) is 36.9 Å². The Labute approximate surface area is 129 Å². The molecule has 2 heterocycles. The molecule has 1 aromatic carbocycles. The van der Waals surface area contributed by atoms with Gasteiger partial charge in [0.1, 0.15) is 0 Å². The van der Waals surface area contributed by atoms with Gasteiger partial charge in [0.25, 0.3) is 0 Å². The summed E-state index contributed by atoms with van der Waals surface area (Å²) >= 11 is 0. The van der Waals surface area contributed by atoms with Crippen molar-refractivity contribution in [2.45, 2.75) is 45.2 Å². The van der Waals surface area contributed by atoms with E-state index in [0.717, 1.165) is 0 Å². The number of hydrogen-bond acceptors (Lipinski definition) is 3. The van der Waals surface area contributed by atoms with E-state index in [1.807, 2.05) is 0 Å². The zero-order valence-electron chi connectivity index (χ0n) is 13.7. The minimum atomic E-state index is 0.583. The van der Waals surface area contributed by atoms with Crippen molar-refractivity contribution in [1.29, 1.82) is 0 Å². The Kier molecular flexibility index (Phi) is 4.39. The molecule has 0 spiro atoms. The topological polar surface area (TPSA) is 18.5 Å². The standard InChI is InChI=1S/C18H29N3/c1-14-13-20(3)15(2)12-17(14)19-16-8-4-5-9-18(16)21-10-6-7-11-21/h4-5,8-9,14-15,17,19H,6-7,10-13H2,1-3H3. The number of likely N-dealkylation sites (tertiary alicyclic amines) is 1. The Morgan fingerprint density at radius 2 is 1.81 bits per heavy atom. The van der Waals surface area contributed by atoms with E-state index in [4.69, 9.17) is 0 Å². The lowest BCUT2D eigenvalue weighted by atomic mass is 9.89. The average molecular weight is 287 g/mol. The van der Waals surface area contributed by atoms with Crippen molar-refractivity contribution < 1.29 is 0 Å². The summed E-state index contributed by atoms with van der Waals surface area (Å²) in [5.41, 5.74) is 2.72. The Morgan fingerprint density at radius 3 is 2.57 bits per heavy atom. The molecule has 1 N–H and O–H groups in total. The molecule has 0 aliphatic carbocycles. The van der Waals surface area contributed by atoms with E-state index in [1.54, 1.807) is 0 Å². The zero-order chi connectivity index (χ0) is 14.8. The third-order valence-corrected chi connectivity index (χ3v) is 5.30. The Morgan fingerprint density at radius 1 is 1.10 bits per heavy atom. The van der Waals surface area contributed by atoms with Gasteiger partial charge < -0.3 is 15.1 Å². The fraction of sp³-hybridized carbons (Fsp3) is 0.667. The van der Waals surface area contributed by atoms with Crippen LogP contribution in [0.3, 0.4) is 0 Å². The maximum absolute atomic E-state index is 3.86. The predicted octanol–water partition coefficient (Wildman–Crippen LogP) is 3.43. The van der Waals surface area contributed by atoms with Crippen LogP contribution in [0.2, 0.25) is 0 Å². The van der Waals surface area contributed by atoms with E-state index in [2.05, 4.69) is 60.3 Å². The highest BCUT2D eigenvalue weighted by molar-refractivity contribution is 5.70. The summed E-state index contributed by atoms with van der Waals surface area (Å²) < 4.78 is 0. The molecule has 2 saturated heterocycles. The SMILES string of the molecule is CC1CN(C)C(C)CC1Nc1ccccc1N1CCCC1. The van der Waals surface area contributed by atoms with Gasteiger partial charge in [0.15, 0.2) is 0 Å². The summed E-state index contributed by atoms with van der Waals surface area (Å²) in [4.78, 5) is 5.01. The van der Waals surface area contributed by atoms with Gasteiger partial charge in [-0.25, -0.2) is 0 Å². The quantitative estimate of drug-likeness (QED) is 0.919. The number of rotatable bonds is 3. The summed E-state index contributed by atoms with van der Waals surface area (Å²) in [5, 5.41) is 3.86. The number of benzene rings is 1. The van der Waals surface area contributed by atoms with Crippen molar-refractivity contribution >= 4 is 11.4 Å². The van der Waals surface area contributed by atoms with Gasteiger partial charge in [0, 0.05) is 31.7 Å². The smallest absolute Gasteiger partial charge is 0.0602 e. The molecule has 116 valence electrons. The Bertz CT molecular complexity index is 467. The lowest BCUT2D eigenvalue weighted by molar-refractivity contribution is 0.146. The summed E-state index contributed by atoms with van der Waals surface area (Å²) in [6.07, 6.45) is 3.89. The molecule has 3 atom stereocenters. The molecular weight excluding hydrogens is 258 g/mol. The Hall–Kier alpha value is -1.22. The van der Waals surface area contributed by atoms with Gasteiger partial charge in [0.05, 0.1) is 11.4 Å². The first-order valence-corrected chi connectivity index (χ1v) is 8.46. The molecule has 0 amide bonds. The van der Waals surface area contributed by atoms with Crippen LogP contribution in [0.15, 0.2) is 24.3 Å². The van der Waals surface area contributed by atoms with E-state index in [1.165, 1.54) is 50.3 Å². The highest BCUT2D eigenvalue weighted by atomic mass is 15.2. The molecule has 2 aliphatic rings. The molecule has 0 saturated carbocycles. The van der Waals surface area contributed by atoms with Crippen LogP contribution in [-0.2, 0) is 0 Å². The Balaban J connectivity index is 1.75. The molecule has 0 aromatic heterocycles. The zero-order valence-corrected chi connectivity index (χ0v) is 13.7. The average Bonchev–Trinajstić information content (AvgIpc) is 2.99. The van der Waals surface area contributed by atoms with Gasteiger partial charge >= 0.3 is 0 Å². The van der Waals surface area contributed by atoms with E-state index in [0.29, 0.717) is 18.0 Å². The van der Waals surface area contributed by atoms with Crippen molar-refractivity contribution in [3.8, 4) is 0 Å². The minimum Gasteiger partial charge on any atom is -0.380 e. The van der Waals surface area contributed by atoms with Crippen LogP contribution in [0.5, 0.6) is 0 Å². The molecule has 21 heavy (non-hydrogen) atoms. The van der Waals surface area contributed by atoms with E-state index >= 15 is 0 Å². The molecule has 2 fully saturated rings. The molecule has 3 heteroatoms. The molecule has 3 nitrogen and oxygen atoms in total. The summed E-state index contributed by atoms with van der Waals surface area (Å²) in [7, 11) is 2.25. The number of hydrogen-bond donors (Lipinski definition) is 1. The third kappa shape index (κ3) is 3.18. The van der Waals surface area contributed by atoms with Crippen LogP contribution >= 0.6 is 0 Å². The van der Waals surface area contributed by atoms with Crippen molar-refractivity contribution in [1.82, 2.24) is 4.90 Å². The maximum Gasteiger partial charge on any atom is 0.0602 e. The van der Waals surface area contributed by atoms with Crippen LogP contribution in [-0.4, -0.2) is 43.7 Å². The number of nitrogens with one attached hydrogen (secondary N) is 1. The third-order valence-electron chi connectivity index (χ3n) is 5.30. The van der Waals surface area contributed by atoms with Crippen LogP contribution in [0.4, 0.5) is 11.4 Å². The van der Waals surface area contributed by atoms with Gasteiger partial charge in [-0.05, 0) is 51.3 Å². The highest BCUT2D eigenvalue weighted by Gasteiger charge is 2.29. The first kappa shape index (κ1) is 14.7. The second-order valence-corrected chi connectivity index (χ2v) is 6.96. The maximum atomic E-state index is 3.86. The molecule has 3 unspecified atom stereocenters. The van der Waals surface area contributed by atoms with Crippen molar-refractivity contribution in [3.05, 3.63) is 24.3 Å². The lowest BCUT2D eigenvalue weighted by Crippen LogP contribution is -2.48. The summed E-state index contributed by atoms with van der Waals surface area (Å²) in [5.74, 6) is 0.692. The van der Waals surface area contributed by atoms with E-state index in [9.17, 15) is 0 Å². The van der Waals surface area contributed by atoms with Crippen LogP contribution < -0.4 is 10.2 Å². The van der Waals surface area contributed by atoms with Gasteiger partial charge in [-0.15, -0.1) is 0 Å². The van der Waals surface area contributed by atoms with Gasteiger partial charge in [-0.2, -0.15) is 0 Å². The van der Waals surface area contributed by atoms with Crippen LogP contribution in [0.25, 0.3) is 0 Å². The molecule has 2 aliphatic heterocycles. The van der Waals surface area contributed by atoms with Crippen LogP contribution in [0, 0.1) is 5.92 Å². The molecule has 0 bridgehead atoms. The second kappa shape index (κ2) is 6.27. The van der Waals surface area contributed by atoms with Crippen molar-refractivity contribution in [3.63, 3.8) is 0 Å². The number of para-hydroxylation sites is 2. The molecule has 3 rings (SSSR count). The van der Waals surface area contributed by atoms with Gasteiger partial charge in [-0.3, -0.25) is 0 Å². The normalized spacial score (nSPS) is 30.6. The van der Waals surface area contributed by atoms with Crippen LogP contribution in [0.1, 0.15) is 33.1 Å². The fourth-order valence-corrected chi connectivity index (χ4v) is 3.77. The number of piperidine rings is 1. The molecule has 0 radical (unpaired) electrons. The summed E-state index contributed by atoms with van der Waals surface area (Å²) in [6.45, 7) is 8.31. The van der Waals surface area contributed by atoms with E-state index in [-0.39, 0.29) is 0 Å². The lowest BCUT2D eigenvalue weighted by Gasteiger charge is -2.40. The first-order valence-electron chi connectivity index (χ1n) is 8.46. The van der Waals surface area contributed by atoms with Crippen molar-refractivity contribution in [2.24, 2.45) is 5.92 Å². The van der Waals surface area contributed by atoms with Gasteiger partial charge in [-0.1, -0.05) is 19.1 Å². The van der Waals surface area contributed by atoms with Gasteiger partial charge in [0.2, 0.25) is 0 Å². The first-order chi connectivity index (χ1) is 10.1. The fourth-order valence-electron chi connectivity index (χ4n) is 3.77. The molecule has 1 aromatic rings. The number of anilines is 2. The largest absolute Gasteiger partial charge is 0.380 e. The number of nitrogens with zero attached hydrogens (tertiary/aromatic N) is 2. The second-order valence-electron chi connectivity index (χ2n) is 6.96. The monoisotopic (exact) mass is 287 g/mol. The summed E-state index contributed by atoms with van der Waals surface area (Å²) in [6, 6.07) is 10.1. The minimum absolute atomic E-state index is 0.583. The molecular formula is C18H29N3. The van der Waals surface area contributed by atoms with E-state index < -0.39 is 0 Å². The highest BCUT2D eigenvalue weighted by Crippen LogP contribution is 2.32. The predicted molar refractivity (Wildman–Crippen MR) is 91.2 cm³/mol.